The highest BCUT2D eigenvalue weighted by Crippen LogP contribution is 2.60. The lowest BCUT2D eigenvalue weighted by Crippen LogP contribution is -2.61. The molecule has 6 heteroatoms. The number of hydrogen-bond donors (Lipinski definition) is 1. The SMILES string of the molecule is C[C@@H]1COCCN1c1cc2n(n1)[C@@](C)(C1CC1)C1(CC1)NC2=O. The van der Waals surface area contributed by atoms with Crippen molar-refractivity contribution < 1.29 is 9.53 Å². The second-order valence-corrected chi connectivity index (χ2v) is 7.87. The zero-order chi connectivity index (χ0) is 15.8. The molecule has 1 saturated heterocycles. The van der Waals surface area contributed by atoms with Gasteiger partial charge in [-0.25, -0.2) is 4.68 Å². The third-order valence-electron chi connectivity index (χ3n) is 6.47. The van der Waals surface area contributed by atoms with E-state index in [1.54, 1.807) is 0 Å². The van der Waals surface area contributed by atoms with Gasteiger partial charge in [-0.3, -0.25) is 4.79 Å². The van der Waals surface area contributed by atoms with Crippen LogP contribution in [0, 0.1) is 5.92 Å². The minimum absolute atomic E-state index is 0.0419. The number of morpholine rings is 1. The first-order valence-corrected chi connectivity index (χ1v) is 8.83. The van der Waals surface area contributed by atoms with Gasteiger partial charge in [0.05, 0.1) is 30.3 Å². The fraction of sp³-hybridized carbons (Fsp3) is 0.765. The van der Waals surface area contributed by atoms with Gasteiger partial charge in [-0.1, -0.05) is 0 Å². The average Bonchev–Trinajstić information content (AvgIpc) is 3.45. The van der Waals surface area contributed by atoms with Gasteiger partial charge in [-0.05, 0) is 45.4 Å². The van der Waals surface area contributed by atoms with Crippen molar-refractivity contribution in [3.8, 4) is 0 Å². The van der Waals surface area contributed by atoms with Crippen LogP contribution in [0.1, 0.15) is 50.0 Å². The molecule has 1 amide bonds. The van der Waals surface area contributed by atoms with Gasteiger partial charge in [0.15, 0.2) is 5.82 Å². The Morgan fingerprint density at radius 1 is 1.39 bits per heavy atom. The maximum atomic E-state index is 12.6. The molecule has 2 saturated carbocycles. The highest BCUT2D eigenvalue weighted by molar-refractivity contribution is 5.95. The first-order valence-electron chi connectivity index (χ1n) is 8.83. The second-order valence-electron chi connectivity index (χ2n) is 7.87. The molecule has 0 bridgehead atoms. The van der Waals surface area contributed by atoms with Gasteiger partial charge in [0.25, 0.3) is 5.91 Å². The predicted octanol–water partition coefficient (Wildman–Crippen LogP) is 1.51. The Hall–Kier alpha value is -1.56. The molecule has 0 radical (unpaired) electrons. The highest BCUT2D eigenvalue weighted by Gasteiger charge is 2.67. The molecule has 4 aliphatic rings. The lowest BCUT2D eigenvalue weighted by atomic mass is 9.82. The normalized spacial score (nSPS) is 35.1. The zero-order valence-electron chi connectivity index (χ0n) is 13.8. The van der Waals surface area contributed by atoms with Crippen molar-refractivity contribution in [3.05, 3.63) is 11.8 Å². The van der Waals surface area contributed by atoms with E-state index in [1.165, 1.54) is 12.8 Å². The number of carbonyl (C=O) groups excluding carboxylic acids is 1. The van der Waals surface area contributed by atoms with Crippen LogP contribution >= 0.6 is 0 Å². The van der Waals surface area contributed by atoms with Gasteiger partial charge in [0.2, 0.25) is 0 Å². The van der Waals surface area contributed by atoms with Crippen LogP contribution in [0.3, 0.4) is 0 Å². The molecular formula is C17H24N4O2. The Labute approximate surface area is 136 Å². The molecule has 1 spiro atoms. The first kappa shape index (κ1) is 13.8. The Bertz CT molecular complexity index is 676. The van der Waals surface area contributed by atoms with Crippen molar-refractivity contribution in [1.82, 2.24) is 15.1 Å². The number of nitrogens with one attached hydrogen (secondary N) is 1. The molecule has 124 valence electrons. The second kappa shape index (κ2) is 4.29. The summed E-state index contributed by atoms with van der Waals surface area (Å²) in [4.78, 5) is 14.9. The first-order chi connectivity index (χ1) is 11.1. The van der Waals surface area contributed by atoms with E-state index in [9.17, 15) is 4.79 Å². The van der Waals surface area contributed by atoms with Crippen LogP contribution in [0.5, 0.6) is 0 Å². The third-order valence-corrected chi connectivity index (χ3v) is 6.47. The van der Waals surface area contributed by atoms with Crippen LogP contribution in [0.4, 0.5) is 5.82 Å². The number of nitrogens with zero attached hydrogens (tertiary/aromatic N) is 3. The lowest BCUT2D eigenvalue weighted by molar-refractivity contribution is 0.0687. The molecule has 5 rings (SSSR count). The quantitative estimate of drug-likeness (QED) is 0.898. The van der Waals surface area contributed by atoms with Crippen molar-refractivity contribution in [1.29, 1.82) is 0 Å². The van der Waals surface area contributed by atoms with Crippen molar-refractivity contribution in [3.63, 3.8) is 0 Å². The number of fused-ring (bicyclic) bond motifs is 1. The molecule has 0 aromatic carbocycles. The summed E-state index contributed by atoms with van der Waals surface area (Å²) in [6, 6.07) is 2.28. The Kier molecular flexibility index (Phi) is 2.58. The zero-order valence-corrected chi connectivity index (χ0v) is 13.8. The Morgan fingerprint density at radius 3 is 2.83 bits per heavy atom. The maximum absolute atomic E-state index is 12.6. The van der Waals surface area contributed by atoms with E-state index in [0.717, 1.165) is 44.1 Å². The number of amides is 1. The fourth-order valence-corrected chi connectivity index (χ4v) is 4.67. The van der Waals surface area contributed by atoms with Crippen molar-refractivity contribution >= 4 is 11.7 Å². The highest BCUT2D eigenvalue weighted by atomic mass is 16.5. The summed E-state index contributed by atoms with van der Waals surface area (Å²) in [6.45, 7) is 6.74. The molecule has 3 heterocycles. The number of anilines is 1. The van der Waals surface area contributed by atoms with Gasteiger partial charge in [-0.15, -0.1) is 0 Å². The van der Waals surface area contributed by atoms with Crippen LogP contribution in [0.2, 0.25) is 0 Å². The molecule has 3 fully saturated rings. The van der Waals surface area contributed by atoms with Gasteiger partial charge in [-0.2, -0.15) is 5.10 Å². The van der Waals surface area contributed by atoms with Gasteiger partial charge in [0.1, 0.15) is 5.69 Å². The number of aromatic nitrogens is 2. The van der Waals surface area contributed by atoms with Crippen LogP contribution < -0.4 is 10.2 Å². The van der Waals surface area contributed by atoms with E-state index in [2.05, 4.69) is 28.7 Å². The van der Waals surface area contributed by atoms with Crippen molar-refractivity contribution in [2.24, 2.45) is 5.92 Å². The summed E-state index contributed by atoms with van der Waals surface area (Å²) >= 11 is 0. The van der Waals surface area contributed by atoms with Gasteiger partial charge >= 0.3 is 0 Å². The molecular weight excluding hydrogens is 292 g/mol. The molecule has 23 heavy (non-hydrogen) atoms. The lowest BCUT2D eigenvalue weighted by Gasteiger charge is -2.44. The molecule has 6 nitrogen and oxygen atoms in total. The predicted molar refractivity (Wildman–Crippen MR) is 85.7 cm³/mol. The van der Waals surface area contributed by atoms with Gasteiger partial charge < -0.3 is 15.0 Å². The molecule has 2 aliphatic carbocycles. The van der Waals surface area contributed by atoms with Crippen LogP contribution in [0.25, 0.3) is 0 Å². The topological polar surface area (TPSA) is 59.4 Å². The number of hydrogen-bond acceptors (Lipinski definition) is 4. The smallest absolute Gasteiger partial charge is 0.270 e. The molecule has 1 N–H and O–H groups in total. The van der Waals surface area contributed by atoms with Crippen molar-refractivity contribution in [2.45, 2.75) is 56.7 Å². The summed E-state index contributed by atoms with van der Waals surface area (Å²) < 4.78 is 7.61. The minimum atomic E-state index is -0.0655. The third kappa shape index (κ3) is 1.73. The average molecular weight is 316 g/mol. The minimum Gasteiger partial charge on any atom is -0.377 e. The maximum Gasteiger partial charge on any atom is 0.270 e. The van der Waals surface area contributed by atoms with Crippen molar-refractivity contribution in [2.75, 3.05) is 24.7 Å². The van der Waals surface area contributed by atoms with E-state index in [4.69, 9.17) is 9.84 Å². The van der Waals surface area contributed by atoms with Gasteiger partial charge in [0, 0.05) is 12.6 Å². The monoisotopic (exact) mass is 316 g/mol. The summed E-state index contributed by atoms with van der Waals surface area (Å²) in [7, 11) is 0. The van der Waals surface area contributed by atoms with Crippen LogP contribution in [-0.2, 0) is 10.3 Å². The van der Waals surface area contributed by atoms with E-state index in [-0.39, 0.29) is 17.0 Å². The summed E-state index contributed by atoms with van der Waals surface area (Å²) in [5, 5.41) is 8.27. The Morgan fingerprint density at radius 2 is 2.17 bits per heavy atom. The van der Waals surface area contributed by atoms with Crippen LogP contribution in [0.15, 0.2) is 6.07 Å². The van der Waals surface area contributed by atoms with E-state index >= 15 is 0 Å². The number of carbonyl (C=O) groups is 1. The fourth-order valence-electron chi connectivity index (χ4n) is 4.67. The molecule has 1 aromatic heterocycles. The van der Waals surface area contributed by atoms with Crippen LogP contribution in [-0.4, -0.2) is 47.0 Å². The molecule has 2 aliphatic heterocycles. The molecule has 2 atom stereocenters. The summed E-state index contributed by atoms with van der Waals surface area (Å²) in [6.07, 6.45) is 4.65. The van der Waals surface area contributed by atoms with E-state index in [0.29, 0.717) is 12.0 Å². The van der Waals surface area contributed by atoms with E-state index < -0.39 is 0 Å². The molecule has 1 aromatic rings. The largest absolute Gasteiger partial charge is 0.377 e. The molecule has 0 unspecified atom stereocenters. The standard InChI is InChI=1S/C17H24N4O2/c1-11-10-23-8-7-20(11)14-9-13-15(22)18-17(5-6-17)16(2,12-3-4-12)21(13)19-14/h9,11-12H,3-8,10H2,1-2H3,(H,18,22)/t11-,16+/m1/s1. The number of ether oxygens (including phenoxy) is 1. The number of rotatable bonds is 2. The summed E-state index contributed by atoms with van der Waals surface area (Å²) in [5.74, 6) is 1.61. The van der Waals surface area contributed by atoms with E-state index in [1.807, 2.05) is 6.07 Å². The summed E-state index contributed by atoms with van der Waals surface area (Å²) in [5.41, 5.74) is 0.605. The Balaban J connectivity index is 1.61.